The maximum Gasteiger partial charge on any atom is 0.262 e. The molecule has 4 rings (SSSR count). The molecule has 0 atom stereocenters. The van der Waals surface area contributed by atoms with Crippen LogP contribution in [0.2, 0.25) is 0 Å². The zero-order valence-electron chi connectivity index (χ0n) is 12.7. The summed E-state index contributed by atoms with van der Waals surface area (Å²) in [5, 5.41) is 0. The van der Waals surface area contributed by atoms with Gasteiger partial charge in [0.15, 0.2) is 5.41 Å². The molecule has 1 spiro atoms. The number of hydrogen-bond donors (Lipinski definition) is 2. The van der Waals surface area contributed by atoms with E-state index in [2.05, 4.69) is 10.9 Å². The molecule has 2 heterocycles. The fraction of sp³-hybridized carbons (Fsp3) is 0.0526. The molecule has 0 aromatic heterocycles. The summed E-state index contributed by atoms with van der Waals surface area (Å²) in [4.78, 5) is 24.8. The van der Waals surface area contributed by atoms with E-state index < -0.39 is 17.2 Å². The number of carbonyl (C=O) groups excluding carboxylic acids is 2. The van der Waals surface area contributed by atoms with Gasteiger partial charge in [-0.1, -0.05) is 60.7 Å². The third-order valence-corrected chi connectivity index (χ3v) is 4.10. The number of benzene rings is 2. The van der Waals surface area contributed by atoms with Crippen LogP contribution >= 0.6 is 0 Å². The highest BCUT2D eigenvalue weighted by atomic mass is 16.5. The number of hydrazine groups is 1. The molecule has 2 N–H and O–H groups in total. The van der Waals surface area contributed by atoms with Gasteiger partial charge in [0.1, 0.15) is 11.5 Å². The monoisotopic (exact) mass is 318 g/mol. The van der Waals surface area contributed by atoms with Gasteiger partial charge in [-0.2, -0.15) is 0 Å². The summed E-state index contributed by atoms with van der Waals surface area (Å²) in [7, 11) is 0. The fourth-order valence-electron chi connectivity index (χ4n) is 2.81. The van der Waals surface area contributed by atoms with Crippen LogP contribution < -0.4 is 10.9 Å². The fourth-order valence-corrected chi connectivity index (χ4v) is 2.81. The molecule has 2 aliphatic rings. The van der Waals surface area contributed by atoms with Crippen molar-refractivity contribution in [2.45, 2.75) is 0 Å². The van der Waals surface area contributed by atoms with E-state index in [1.165, 1.54) is 0 Å². The maximum absolute atomic E-state index is 12.4. The summed E-state index contributed by atoms with van der Waals surface area (Å²) in [6.45, 7) is 0. The number of nitrogens with one attached hydrogen (secondary N) is 2. The van der Waals surface area contributed by atoms with Crippen molar-refractivity contribution in [2.24, 2.45) is 5.41 Å². The Morgan fingerprint density at radius 3 is 1.50 bits per heavy atom. The lowest BCUT2D eigenvalue weighted by Crippen LogP contribution is -2.34. The minimum Gasteiger partial charge on any atom is -0.457 e. The maximum atomic E-state index is 12.4. The SMILES string of the molecule is O=C1NNC(=O)C12C=C(c1ccccc1)OC(c1ccccc1)=C2. The second-order valence-corrected chi connectivity index (χ2v) is 5.63. The van der Waals surface area contributed by atoms with Crippen molar-refractivity contribution in [3.63, 3.8) is 0 Å². The number of rotatable bonds is 2. The van der Waals surface area contributed by atoms with Crippen molar-refractivity contribution in [1.29, 1.82) is 0 Å². The molecule has 5 heteroatoms. The van der Waals surface area contributed by atoms with Gasteiger partial charge >= 0.3 is 0 Å². The third kappa shape index (κ3) is 2.18. The molecule has 2 amide bonds. The van der Waals surface area contributed by atoms with Crippen LogP contribution in [0, 0.1) is 5.41 Å². The number of amides is 2. The quantitative estimate of drug-likeness (QED) is 0.835. The zero-order chi connectivity index (χ0) is 16.6. The summed E-state index contributed by atoms with van der Waals surface area (Å²) < 4.78 is 6.00. The molecular formula is C19H14N2O3. The molecular weight excluding hydrogens is 304 g/mol. The first-order valence-corrected chi connectivity index (χ1v) is 7.54. The van der Waals surface area contributed by atoms with Crippen molar-refractivity contribution in [3.05, 3.63) is 83.9 Å². The lowest BCUT2D eigenvalue weighted by molar-refractivity contribution is -0.130. The smallest absolute Gasteiger partial charge is 0.262 e. The van der Waals surface area contributed by atoms with Crippen LogP contribution in [0.5, 0.6) is 0 Å². The molecule has 1 fully saturated rings. The highest BCUT2D eigenvalue weighted by Gasteiger charge is 2.50. The summed E-state index contributed by atoms with van der Waals surface area (Å²) in [6, 6.07) is 18.8. The van der Waals surface area contributed by atoms with Crippen LogP contribution in [0.4, 0.5) is 0 Å². The van der Waals surface area contributed by atoms with Crippen LogP contribution in [-0.2, 0) is 14.3 Å². The van der Waals surface area contributed by atoms with Crippen molar-refractivity contribution >= 4 is 23.3 Å². The summed E-state index contributed by atoms with van der Waals surface area (Å²) in [5.74, 6) is 0.114. The second kappa shape index (κ2) is 5.38. The third-order valence-electron chi connectivity index (χ3n) is 4.10. The van der Waals surface area contributed by atoms with Gasteiger partial charge in [-0.3, -0.25) is 20.4 Å². The van der Waals surface area contributed by atoms with E-state index in [4.69, 9.17) is 4.74 Å². The Morgan fingerprint density at radius 2 is 1.08 bits per heavy atom. The Kier molecular flexibility index (Phi) is 3.20. The van der Waals surface area contributed by atoms with Crippen molar-refractivity contribution in [1.82, 2.24) is 10.9 Å². The van der Waals surface area contributed by atoms with Gasteiger partial charge in [-0.15, -0.1) is 0 Å². The zero-order valence-corrected chi connectivity index (χ0v) is 12.7. The van der Waals surface area contributed by atoms with E-state index >= 15 is 0 Å². The minimum atomic E-state index is -1.41. The van der Waals surface area contributed by atoms with Gasteiger partial charge in [0.2, 0.25) is 0 Å². The lowest BCUT2D eigenvalue weighted by Gasteiger charge is -2.25. The molecule has 1 saturated heterocycles. The van der Waals surface area contributed by atoms with Crippen LogP contribution in [0.3, 0.4) is 0 Å². The van der Waals surface area contributed by atoms with E-state index in [0.717, 1.165) is 11.1 Å². The lowest BCUT2D eigenvalue weighted by atomic mass is 9.83. The molecule has 0 saturated carbocycles. The second-order valence-electron chi connectivity index (χ2n) is 5.63. The van der Waals surface area contributed by atoms with Gasteiger partial charge in [0, 0.05) is 11.1 Å². The van der Waals surface area contributed by atoms with Crippen molar-refractivity contribution in [2.75, 3.05) is 0 Å². The first kappa shape index (κ1) is 14.3. The summed E-state index contributed by atoms with van der Waals surface area (Å²) in [6.07, 6.45) is 3.12. The highest BCUT2D eigenvalue weighted by Crippen LogP contribution is 2.40. The predicted octanol–water partition coefficient (Wildman–Crippen LogP) is 2.25. The van der Waals surface area contributed by atoms with Crippen LogP contribution in [0.15, 0.2) is 72.8 Å². The Morgan fingerprint density at radius 1 is 0.667 bits per heavy atom. The Bertz CT molecular complexity index is 796. The van der Waals surface area contributed by atoms with Crippen molar-refractivity contribution in [3.8, 4) is 0 Å². The van der Waals surface area contributed by atoms with Crippen LogP contribution in [0.1, 0.15) is 11.1 Å². The molecule has 24 heavy (non-hydrogen) atoms. The van der Waals surface area contributed by atoms with E-state index in [1.54, 1.807) is 12.2 Å². The van der Waals surface area contributed by atoms with Gasteiger partial charge < -0.3 is 4.74 Å². The van der Waals surface area contributed by atoms with Gasteiger partial charge in [0.05, 0.1) is 0 Å². The standard InChI is InChI=1S/C19H14N2O3/c22-17-19(18(23)21-20-17)11-15(13-7-3-1-4-8-13)24-16(12-19)14-9-5-2-6-10-14/h1-12H,(H,20,22)(H,21,23). The molecule has 5 nitrogen and oxygen atoms in total. The Labute approximate surface area is 138 Å². The molecule has 2 aromatic rings. The summed E-state index contributed by atoms with van der Waals surface area (Å²) in [5.41, 5.74) is 4.97. The molecule has 0 bridgehead atoms. The van der Waals surface area contributed by atoms with E-state index in [0.29, 0.717) is 11.5 Å². The van der Waals surface area contributed by atoms with E-state index in [-0.39, 0.29) is 0 Å². The van der Waals surface area contributed by atoms with E-state index in [1.807, 2.05) is 60.7 Å². The Hall–Kier alpha value is -3.34. The number of hydrogen-bond acceptors (Lipinski definition) is 3. The Balaban J connectivity index is 1.88. The largest absolute Gasteiger partial charge is 0.457 e. The van der Waals surface area contributed by atoms with Crippen molar-refractivity contribution < 1.29 is 14.3 Å². The van der Waals surface area contributed by atoms with Gasteiger partial charge in [-0.05, 0) is 12.2 Å². The van der Waals surface area contributed by atoms with Gasteiger partial charge in [-0.25, -0.2) is 0 Å². The topological polar surface area (TPSA) is 67.4 Å². The minimum absolute atomic E-state index is 0.419. The molecule has 0 aliphatic carbocycles. The normalized spacial score (nSPS) is 18.3. The summed E-state index contributed by atoms with van der Waals surface area (Å²) >= 11 is 0. The first-order chi connectivity index (χ1) is 11.7. The molecule has 0 radical (unpaired) electrons. The van der Waals surface area contributed by atoms with E-state index in [9.17, 15) is 9.59 Å². The van der Waals surface area contributed by atoms with Crippen LogP contribution in [-0.4, -0.2) is 11.8 Å². The number of ether oxygens (including phenoxy) is 1. The average Bonchev–Trinajstić information content (AvgIpc) is 2.91. The molecule has 0 unspecified atom stereocenters. The first-order valence-electron chi connectivity index (χ1n) is 7.54. The highest BCUT2D eigenvalue weighted by molar-refractivity contribution is 6.15. The molecule has 2 aliphatic heterocycles. The number of carbonyl (C=O) groups is 2. The van der Waals surface area contributed by atoms with Crippen LogP contribution in [0.25, 0.3) is 11.5 Å². The average molecular weight is 318 g/mol. The van der Waals surface area contributed by atoms with Gasteiger partial charge in [0.25, 0.3) is 11.8 Å². The molecule has 2 aromatic carbocycles. The predicted molar refractivity (Wildman–Crippen MR) is 88.6 cm³/mol. The molecule has 118 valence electrons.